The van der Waals surface area contributed by atoms with E-state index in [1.165, 1.54) is 0 Å². The van der Waals surface area contributed by atoms with Gasteiger partial charge < -0.3 is 18.9 Å². The number of anilines is 1. The molecule has 148 valence electrons. The maximum atomic E-state index is 5.95. The molecule has 1 aliphatic heterocycles. The Kier molecular flexibility index (Phi) is 5.60. The van der Waals surface area contributed by atoms with Crippen LogP contribution in [0.2, 0.25) is 0 Å². The molecule has 28 heavy (non-hydrogen) atoms. The Balaban J connectivity index is 1.24. The normalized spacial score (nSPS) is 15.1. The van der Waals surface area contributed by atoms with Crippen LogP contribution in [0.4, 0.5) is 5.82 Å². The molecule has 0 spiro atoms. The number of aryl methyl sites for hydroxylation is 1. The van der Waals surface area contributed by atoms with Crippen LogP contribution in [-0.2, 0) is 0 Å². The number of piperidine rings is 1. The fraction of sp³-hybridized carbons (Fsp3) is 0.476. The van der Waals surface area contributed by atoms with Crippen LogP contribution in [0.15, 0.2) is 34.9 Å². The molecule has 0 bridgehead atoms. The molecule has 0 N–H and O–H groups in total. The molecule has 7 heteroatoms. The first-order valence-corrected chi connectivity index (χ1v) is 9.93. The Labute approximate surface area is 164 Å². The van der Waals surface area contributed by atoms with E-state index in [0.717, 1.165) is 60.5 Å². The molecule has 1 fully saturated rings. The number of benzene rings is 1. The van der Waals surface area contributed by atoms with Crippen molar-refractivity contribution >= 4 is 16.7 Å². The summed E-state index contributed by atoms with van der Waals surface area (Å²) in [5.74, 6) is 2.94. The largest absolute Gasteiger partial charge is 0.494 e. The zero-order chi connectivity index (χ0) is 19.3. The maximum Gasteiger partial charge on any atom is 0.319 e. The second-order valence-corrected chi connectivity index (χ2v) is 7.18. The summed E-state index contributed by atoms with van der Waals surface area (Å²) in [5, 5.41) is 13.4. The Morgan fingerprint density at radius 3 is 2.71 bits per heavy atom. The minimum Gasteiger partial charge on any atom is -0.494 e. The lowest BCUT2D eigenvalue weighted by Crippen LogP contribution is -2.34. The van der Waals surface area contributed by atoms with Crippen molar-refractivity contribution in [3.8, 4) is 11.7 Å². The van der Waals surface area contributed by atoms with Gasteiger partial charge in [0, 0.05) is 19.2 Å². The van der Waals surface area contributed by atoms with Gasteiger partial charge in [-0.2, -0.15) is 5.10 Å². The molecule has 4 rings (SSSR count). The zero-order valence-electron chi connectivity index (χ0n) is 16.4. The number of nitrogens with zero attached hydrogens (tertiary/aromatic N) is 4. The molecular formula is C21H26N4O3. The van der Waals surface area contributed by atoms with Gasteiger partial charge in [-0.15, -0.1) is 5.10 Å². The smallest absolute Gasteiger partial charge is 0.319 e. The predicted molar refractivity (Wildman–Crippen MR) is 107 cm³/mol. The average molecular weight is 382 g/mol. The van der Waals surface area contributed by atoms with Gasteiger partial charge in [-0.1, -0.05) is 5.16 Å². The first-order chi connectivity index (χ1) is 13.7. The Bertz CT molecular complexity index is 902. The summed E-state index contributed by atoms with van der Waals surface area (Å²) >= 11 is 0. The van der Waals surface area contributed by atoms with Gasteiger partial charge in [0.15, 0.2) is 5.82 Å². The fourth-order valence-electron chi connectivity index (χ4n) is 3.58. The van der Waals surface area contributed by atoms with E-state index in [4.69, 9.17) is 14.0 Å². The number of rotatable bonds is 7. The second-order valence-electron chi connectivity index (χ2n) is 7.18. The van der Waals surface area contributed by atoms with E-state index in [9.17, 15) is 0 Å². The highest BCUT2D eigenvalue weighted by Crippen LogP contribution is 2.29. The molecule has 0 amide bonds. The topological polar surface area (TPSA) is 73.5 Å². The maximum absolute atomic E-state index is 5.95. The van der Waals surface area contributed by atoms with Gasteiger partial charge in [-0.3, -0.25) is 0 Å². The summed E-state index contributed by atoms with van der Waals surface area (Å²) in [6, 6.07) is 9.86. The molecule has 2 aromatic heterocycles. The summed E-state index contributed by atoms with van der Waals surface area (Å²) in [6.45, 7) is 7.18. The van der Waals surface area contributed by atoms with Crippen LogP contribution in [0.1, 0.15) is 31.9 Å². The fourth-order valence-corrected chi connectivity index (χ4v) is 3.58. The third-order valence-electron chi connectivity index (χ3n) is 5.21. The van der Waals surface area contributed by atoms with Crippen molar-refractivity contribution in [1.82, 2.24) is 15.4 Å². The second kappa shape index (κ2) is 8.46. The van der Waals surface area contributed by atoms with Gasteiger partial charge in [0.05, 0.1) is 24.3 Å². The van der Waals surface area contributed by atoms with Crippen molar-refractivity contribution in [3.05, 3.63) is 36.0 Å². The number of fused-ring (bicyclic) bond motifs is 1. The molecular weight excluding hydrogens is 356 g/mol. The number of hydrogen-bond donors (Lipinski definition) is 0. The van der Waals surface area contributed by atoms with Crippen LogP contribution >= 0.6 is 0 Å². The Morgan fingerprint density at radius 2 is 1.96 bits per heavy atom. The quantitative estimate of drug-likeness (QED) is 0.611. The van der Waals surface area contributed by atoms with E-state index in [2.05, 4.69) is 26.3 Å². The molecule has 1 saturated heterocycles. The molecule has 0 aliphatic carbocycles. The highest BCUT2D eigenvalue weighted by Gasteiger charge is 2.20. The van der Waals surface area contributed by atoms with Gasteiger partial charge in [-0.05, 0) is 63.3 Å². The van der Waals surface area contributed by atoms with Crippen molar-refractivity contribution in [2.45, 2.75) is 33.1 Å². The molecule has 0 atom stereocenters. The van der Waals surface area contributed by atoms with E-state index in [-0.39, 0.29) is 0 Å². The predicted octanol–water partition coefficient (Wildman–Crippen LogP) is 4.01. The molecule has 7 nitrogen and oxygen atoms in total. The third-order valence-corrected chi connectivity index (χ3v) is 5.21. The summed E-state index contributed by atoms with van der Waals surface area (Å²) in [7, 11) is 0. The van der Waals surface area contributed by atoms with Crippen LogP contribution in [0, 0.1) is 12.8 Å². The van der Waals surface area contributed by atoms with Crippen LogP contribution < -0.4 is 14.4 Å². The molecule has 0 unspecified atom stereocenters. The Hall–Kier alpha value is -2.83. The minimum atomic E-state index is 0.467. The standard InChI is InChI=1S/C21H26N4O3/c1-3-26-21-18-6-5-17(14-19(18)24-28-21)27-13-10-16-8-11-25(12-9-16)20-7-4-15(2)22-23-20/h4-7,14,16H,3,8-13H2,1-2H3. The highest BCUT2D eigenvalue weighted by atomic mass is 16.6. The van der Waals surface area contributed by atoms with Gasteiger partial charge in [0.1, 0.15) is 11.3 Å². The number of hydrogen-bond acceptors (Lipinski definition) is 7. The van der Waals surface area contributed by atoms with Gasteiger partial charge >= 0.3 is 5.95 Å². The molecule has 3 heterocycles. The summed E-state index contributed by atoms with van der Waals surface area (Å²) < 4.78 is 16.6. The lowest BCUT2D eigenvalue weighted by molar-refractivity contribution is 0.230. The number of ether oxygens (including phenoxy) is 2. The van der Waals surface area contributed by atoms with Crippen molar-refractivity contribution in [3.63, 3.8) is 0 Å². The number of aromatic nitrogens is 3. The molecule has 0 radical (unpaired) electrons. The van der Waals surface area contributed by atoms with E-state index in [1.807, 2.05) is 38.1 Å². The monoisotopic (exact) mass is 382 g/mol. The average Bonchev–Trinajstić information content (AvgIpc) is 3.12. The minimum absolute atomic E-state index is 0.467. The van der Waals surface area contributed by atoms with E-state index in [0.29, 0.717) is 25.1 Å². The first-order valence-electron chi connectivity index (χ1n) is 9.93. The van der Waals surface area contributed by atoms with Crippen LogP contribution in [-0.4, -0.2) is 41.7 Å². The van der Waals surface area contributed by atoms with E-state index < -0.39 is 0 Å². The summed E-state index contributed by atoms with van der Waals surface area (Å²) in [4.78, 5) is 2.32. The van der Waals surface area contributed by atoms with Crippen LogP contribution in [0.3, 0.4) is 0 Å². The molecule has 3 aromatic rings. The zero-order valence-corrected chi connectivity index (χ0v) is 16.4. The summed E-state index contributed by atoms with van der Waals surface area (Å²) in [5.41, 5.74) is 1.71. The molecule has 0 saturated carbocycles. The lowest BCUT2D eigenvalue weighted by Gasteiger charge is -2.32. The third kappa shape index (κ3) is 4.18. The molecule has 1 aromatic carbocycles. The summed E-state index contributed by atoms with van der Waals surface area (Å²) in [6.07, 6.45) is 3.35. The first kappa shape index (κ1) is 18.5. The van der Waals surface area contributed by atoms with Gasteiger partial charge in [0.2, 0.25) is 0 Å². The highest BCUT2D eigenvalue weighted by molar-refractivity contribution is 5.84. The van der Waals surface area contributed by atoms with Crippen LogP contribution in [0.25, 0.3) is 10.9 Å². The molecule has 1 aliphatic rings. The van der Waals surface area contributed by atoms with Gasteiger partial charge in [0.25, 0.3) is 0 Å². The van der Waals surface area contributed by atoms with Crippen LogP contribution in [0.5, 0.6) is 11.7 Å². The van der Waals surface area contributed by atoms with Gasteiger partial charge in [-0.25, -0.2) is 0 Å². The Morgan fingerprint density at radius 1 is 1.11 bits per heavy atom. The van der Waals surface area contributed by atoms with Crippen molar-refractivity contribution in [2.75, 3.05) is 31.2 Å². The van der Waals surface area contributed by atoms with Crippen molar-refractivity contribution < 1.29 is 14.0 Å². The van der Waals surface area contributed by atoms with E-state index >= 15 is 0 Å². The van der Waals surface area contributed by atoms with Crippen molar-refractivity contribution in [2.24, 2.45) is 5.92 Å². The SMILES string of the molecule is CCOc1onc2cc(OCCC3CCN(c4ccc(C)nn4)CC3)ccc12. The van der Waals surface area contributed by atoms with Crippen molar-refractivity contribution in [1.29, 1.82) is 0 Å². The lowest BCUT2D eigenvalue weighted by atomic mass is 9.94. The van der Waals surface area contributed by atoms with E-state index in [1.54, 1.807) is 0 Å².